The highest BCUT2D eigenvalue weighted by Gasteiger charge is 2.24. The molecule has 0 aliphatic carbocycles. The summed E-state index contributed by atoms with van der Waals surface area (Å²) < 4.78 is 19.7. The number of ether oxygens (including phenoxy) is 1. The van der Waals surface area contributed by atoms with E-state index in [2.05, 4.69) is 16.6 Å². The first-order valence-corrected chi connectivity index (χ1v) is 9.12. The van der Waals surface area contributed by atoms with Crippen LogP contribution >= 0.6 is 0 Å². The van der Waals surface area contributed by atoms with E-state index in [1.54, 1.807) is 38.3 Å². The number of nitrogens with one attached hydrogen (secondary N) is 2. The molecule has 0 atom stereocenters. The molecule has 0 bridgehead atoms. The zero-order valence-corrected chi connectivity index (χ0v) is 17.3. The second-order valence-corrected chi connectivity index (χ2v) is 5.76. The van der Waals surface area contributed by atoms with Gasteiger partial charge in [-0.25, -0.2) is 4.39 Å². The minimum atomic E-state index is -0.534. The molecular formula is C23H27FN4O. The number of nitrogens with zero attached hydrogens (tertiary/aromatic N) is 2. The van der Waals surface area contributed by atoms with Crippen molar-refractivity contribution < 1.29 is 9.13 Å². The summed E-state index contributed by atoms with van der Waals surface area (Å²) in [5.74, 6) is -0.720. The number of rotatable bonds is 9. The standard InChI is InChI=1S/C23H27FN4O/c1-6-9-14-19(27-4)21(23(26)29-5)20(16(7-2)15-28-8-3)22(25)17-12-10-11-13-18(17)24/h7-15,25-26H,3,6H2,1-2,4-5H3/b14-9-,16-7+,21-20-,25-22?,26-23?,27-19?,28-15?. The Hall–Kier alpha value is -3.41. The van der Waals surface area contributed by atoms with Gasteiger partial charge in [-0.05, 0) is 37.1 Å². The molecule has 0 aromatic heterocycles. The average molecular weight is 394 g/mol. The molecule has 0 saturated heterocycles. The maximum atomic E-state index is 14.5. The van der Waals surface area contributed by atoms with Crippen LogP contribution in [0.15, 0.2) is 82.0 Å². The Morgan fingerprint density at radius 2 is 1.93 bits per heavy atom. The monoisotopic (exact) mass is 394 g/mol. The number of allylic oxidation sites excluding steroid dienone is 5. The van der Waals surface area contributed by atoms with Gasteiger partial charge in [-0.1, -0.05) is 37.8 Å². The Morgan fingerprint density at radius 3 is 2.45 bits per heavy atom. The molecule has 0 unspecified atom stereocenters. The number of benzene rings is 1. The van der Waals surface area contributed by atoms with Crippen molar-refractivity contribution in [3.05, 3.63) is 83.4 Å². The largest absolute Gasteiger partial charge is 0.481 e. The molecule has 0 heterocycles. The van der Waals surface area contributed by atoms with Gasteiger partial charge in [0.2, 0.25) is 5.90 Å². The SMILES string of the molecule is C=CN=CC(=C\C)/C(C(=N)c1ccccc1F)=C(/C(=N)OC)C(/C=C\CC)=NC. The minimum absolute atomic E-state index is 0.102. The average Bonchev–Trinajstić information content (AvgIpc) is 2.74. The second kappa shape index (κ2) is 12.1. The van der Waals surface area contributed by atoms with Crippen molar-refractivity contribution in [2.75, 3.05) is 14.2 Å². The zero-order valence-electron chi connectivity index (χ0n) is 17.3. The van der Waals surface area contributed by atoms with E-state index in [1.807, 2.05) is 13.0 Å². The summed E-state index contributed by atoms with van der Waals surface area (Å²) in [6.45, 7) is 7.33. The summed E-state index contributed by atoms with van der Waals surface area (Å²) in [6.07, 6.45) is 9.02. The van der Waals surface area contributed by atoms with Crippen LogP contribution in [-0.4, -0.2) is 37.7 Å². The Morgan fingerprint density at radius 1 is 1.24 bits per heavy atom. The minimum Gasteiger partial charge on any atom is -0.481 e. The lowest BCUT2D eigenvalue weighted by molar-refractivity contribution is 0.401. The molecule has 0 aliphatic rings. The van der Waals surface area contributed by atoms with Crippen LogP contribution in [-0.2, 0) is 4.74 Å². The molecule has 1 aromatic rings. The van der Waals surface area contributed by atoms with Crippen LogP contribution in [0.4, 0.5) is 4.39 Å². The van der Waals surface area contributed by atoms with E-state index >= 15 is 0 Å². The van der Waals surface area contributed by atoms with Gasteiger partial charge in [0.05, 0.1) is 24.1 Å². The molecule has 5 nitrogen and oxygen atoms in total. The smallest absolute Gasteiger partial charge is 0.215 e. The fourth-order valence-corrected chi connectivity index (χ4v) is 2.59. The van der Waals surface area contributed by atoms with Gasteiger partial charge in [0.15, 0.2) is 0 Å². The van der Waals surface area contributed by atoms with Gasteiger partial charge in [-0.15, -0.1) is 0 Å². The van der Waals surface area contributed by atoms with Crippen molar-refractivity contribution in [1.82, 2.24) is 0 Å². The Kier molecular flexibility index (Phi) is 9.88. The highest BCUT2D eigenvalue weighted by Crippen LogP contribution is 2.24. The molecule has 152 valence electrons. The van der Waals surface area contributed by atoms with Gasteiger partial charge < -0.3 is 4.74 Å². The van der Waals surface area contributed by atoms with Gasteiger partial charge in [-0.2, -0.15) is 0 Å². The zero-order chi connectivity index (χ0) is 21.8. The van der Waals surface area contributed by atoms with Crippen LogP contribution in [0.1, 0.15) is 25.8 Å². The van der Waals surface area contributed by atoms with E-state index in [1.165, 1.54) is 31.7 Å². The van der Waals surface area contributed by atoms with Crippen LogP contribution in [0.3, 0.4) is 0 Å². The van der Waals surface area contributed by atoms with E-state index < -0.39 is 5.82 Å². The third-order valence-electron chi connectivity index (χ3n) is 4.00. The van der Waals surface area contributed by atoms with E-state index in [4.69, 9.17) is 15.6 Å². The molecule has 6 heteroatoms. The molecule has 0 amide bonds. The third-order valence-corrected chi connectivity index (χ3v) is 4.00. The normalized spacial score (nSPS) is 13.6. The van der Waals surface area contributed by atoms with Crippen LogP contribution < -0.4 is 0 Å². The van der Waals surface area contributed by atoms with Crippen molar-refractivity contribution in [3.63, 3.8) is 0 Å². The summed E-state index contributed by atoms with van der Waals surface area (Å²) in [4.78, 5) is 8.33. The van der Waals surface area contributed by atoms with Crippen molar-refractivity contribution in [3.8, 4) is 0 Å². The molecule has 29 heavy (non-hydrogen) atoms. The maximum Gasteiger partial charge on any atom is 0.215 e. The lowest BCUT2D eigenvalue weighted by atomic mass is 9.88. The number of methoxy groups -OCH3 is 1. The fraction of sp³-hybridized carbons (Fsp3) is 0.217. The fourth-order valence-electron chi connectivity index (χ4n) is 2.59. The van der Waals surface area contributed by atoms with E-state index in [-0.39, 0.29) is 28.3 Å². The third kappa shape index (κ3) is 6.04. The maximum absolute atomic E-state index is 14.5. The van der Waals surface area contributed by atoms with Crippen molar-refractivity contribution >= 4 is 23.5 Å². The highest BCUT2D eigenvalue weighted by atomic mass is 19.1. The first kappa shape index (κ1) is 23.6. The molecule has 2 N–H and O–H groups in total. The molecule has 1 aromatic carbocycles. The van der Waals surface area contributed by atoms with Crippen LogP contribution in [0, 0.1) is 16.6 Å². The van der Waals surface area contributed by atoms with Gasteiger partial charge in [0.25, 0.3) is 0 Å². The Labute approximate surface area is 171 Å². The first-order valence-electron chi connectivity index (χ1n) is 9.12. The van der Waals surface area contributed by atoms with Gasteiger partial charge in [0, 0.05) is 30.6 Å². The predicted octanol–water partition coefficient (Wildman–Crippen LogP) is 5.31. The number of hydrogen-bond donors (Lipinski definition) is 2. The number of hydrogen-bond acceptors (Lipinski definition) is 5. The summed E-state index contributed by atoms with van der Waals surface area (Å²) >= 11 is 0. The van der Waals surface area contributed by atoms with E-state index in [0.717, 1.165) is 6.42 Å². The van der Waals surface area contributed by atoms with Gasteiger partial charge in [0.1, 0.15) is 5.82 Å². The summed E-state index contributed by atoms with van der Waals surface area (Å²) in [6, 6.07) is 6.03. The predicted molar refractivity (Wildman–Crippen MR) is 120 cm³/mol. The number of halogens is 1. The van der Waals surface area contributed by atoms with E-state index in [9.17, 15) is 4.39 Å². The molecule has 1 rings (SSSR count). The summed E-state index contributed by atoms with van der Waals surface area (Å²) in [7, 11) is 2.96. The molecule has 0 spiro atoms. The van der Waals surface area contributed by atoms with Crippen molar-refractivity contribution in [1.29, 1.82) is 10.8 Å². The summed E-state index contributed by atoms with van der Waals surface area (Å²) in [5, 5.41) is 17.2. The molecule has 0 fully saturated rings. The van der Waals surface area contributed by atoms with Crippen molar-refractivity contribution in [2.45, 2.75) is 20.3 Å². The lowest BCUT2D eigenvalue weighted by Gasteiger charge is -2.18. The van der Waals surface area contributed by atoms with Gasteiger partial charge in [-0.3, -0.25) is 20.8 Å². The number of aliphatic imine (C=N–C) groups is 2. The second-order valence-electron chi connectivity index (χ2n) is 5.76. The van der Waals surface area contributed by atoms with Crippen LogP contribution in [0.2, 0.25) is 0 Å². The lowest BCUT2D eigenvalue weighted by Crippen LogP contribution is -2.21. The Balaban J connectivity index is 3.99. The molecule has 0 aliphatic heterocycles. The Bertz CT molecular complexity index is 921. The van der Waals surface area contributed by atoms with Crippen LogP contribution in [0.25, 0.3) is 0 Å². The van der Waals surface area contributed by atoms with E-state index in [0.29, 0.717) is 11.3 Å². The summed E-state index contributed by atoms with van der Waals surface area (Å²) in [5.41, 5.74) is 1.52. The van der Waals surface area contributed by atoms with Crippen LogP contribution in [0.5, 0.6) is 0 Å². The first-order chi connectivity index (χ1) is 14.0. The molecule has 0 radical (unpaired) electrons. The molecular weight excluding hydrogens is 367 g/mol. The van der Waals surface area contributed by atoms with Crippen molar-refractivity contribution in [2.24, 2.45) is 9.98 Å². The quantitative estimate of drug-likeness (QED) is 0.332. The topological polar surface area (TPSA) is 81.7 Å². The van der Waals surface area contributed by atoms with Gasteiger partial charge >= 0.3 is 0 Å². The molecule has 0 saturated carbocycles. The highest BCUT2D eigenvalue weighted by molar-refractivity contribution is 6.33.